The average molecular weight is 366 g/mol. The first-order valence-electron chi connectivity index (χ1n) is 8.29. The number of nitrogens with zero attached hydrogens (tertiary/aromatic N) is 1. The number of benzene rings is 1. The van der Waals surface area contributed by atoms with Crippen LogP contribution in [-0.2, 0) is 14.8 Å². The SMILES string of the molecule is CCOC(=O)c1oc2ccc(S(=O)(=O)N3CCC(CN)C3)cc2c1C. The molecule has 1 aliphatic heterocycles. The molecular weight excluding hydrogens is 344 g/mol. The molecule has 0 bridgehead atoms. The maximum Gasteiger partial charge on any atom is 0.374 e. The molecule has 1 aromatic heterocycles. The van der Waals surface area contributed by atoms with E-state index in [0.717, 1.165) is 6.42 Å². The number of carbonyl (C=O) groups excluding carboxylic acids is 1. The Balaban J connectivity index is 1.98. The summed E-state index contributed by atoms with van der Waals surface area (Å²) >= 11 is 0. The van der Waals surface area contributed by atoms with E-state index in [1.165, 1.54) is 10.4 Å². The Morgan fingerprint density at radius 3 is 2.84 bits per heavy atom. The van der Waals surface area contributed by atoms with Crippen LogP contribution in [0.2, 0.25) is 0 Å². The lowest BCUT2D eigenvalue weighted by Crippen LogP contribution is -2.30. The highest BCUT2D eigenvalue weighted by Gasteiger charge is 2.32. The van der Waals surface area contributed by atoms with Gasteiger partial charge >= 0.3 is 5.97 Å². The van der Waals surface area contributed by atoms with Gasteiger partial charge in [0.05, 0.1) is 11.5 Å². The molecule has 1 unspecified atom stereocenters. The summed E-state index contributed by atoms with van der Waals surface area (Å²) in [4.78, 5) is 12.1. The van der Waals surface area contributed by atoms with E-state index >= 15 is 0 Å². The minimum Gasteiger partial charge on any atom is -0.460 e. The van der Waals surface area contributed by atoms with Crippen LogP contribution in [0, 0.1) is 12.8 Å². The third kappa shape index (κ3) is 3.17. The van der Waals surface area contributed by atoms with Gasteiger partial charge in [-0.1, -0.05) is 0 Å². The molecule has 1 aliphatic rings. The predicted octanol–water partition coefficient (Wildman–Crippen LogP) is 1.89. The molecule has 1 aromatic carbocycles. The van der Waals surface area contributed by atoms with Crippen LogP contribution in [0.4, 0.5) is 0 Å². The van der Waals surface area contributed by atoms with Crippen molar-refractivity contribution in [3.8, 4) is 0 Å². The number of rotatable bonds is 5. The van der Waals surface area contributed by atoms with Crippen LogP contribution in [0.1, 0.15) is 29.5 Å². The van der Waals surface area contributed by atoms with Crippen molar-refractivity contribution >= 4 is 27.0 Å². The average Bonchev–Trinajstić information content (AvgIpc) is 3.20. The Bertz CT molecular complexity index is 903. The highest BCUT2D eigenvalue weighted by atomic mass is 32.2. The molecule has 1 atom stereocenters. The molecule has 2 aromatic rings. The van der Waals surface area contributed by atoms with E-state index in [1.807, 2.05) is 0 Å². The molecule has 1 saturated heterocycles. The van der Waals surface area contributed by atoms with Gasteiger partial charge in [0, 0.05) is 24.0 Å². The first-order valence-corrected chi connectivity index (χ1v) is 9.73. The van der Waals surface area contributed by atoms with Crippen molar-refractivity contribution in [2.24, 2.45) is 11.7 Å². The number of sulfonamides is 1. The van der Waals surface area contributed by atoms with Gasteiger partial charge in [0.2, 0.25) is 15.8 Å². The second kappa shape index (κ2) is 6.78. The number of furan rings is 1. The predicted molar refractivity (Wildman–Crippen MR) is 92.8 cm³/mol. The number of aryl methyl sites for hydroxylation is 1. The lowest BCUT2D eigenvalue weighted by Gasteiger charge is -2.16. The summed E-state index contributed by atoms with van der Waals surface area (Å²) in [5, 5.41) is 0.596. The zero-order chi connectivity index (χ0) is 18.2. The summed E-state index contributed by atoms with van der Waals surface area (Å²) in [7, 11) is -3.59. The molecule has 25 heavy (non-hydrogen) atoms. The summed E-state index contributed by atoms with van der Waals surface area (Å²) in [6, 6.07) is 4.64. The van der Waals surface area contributed by atoms with Gasteiger partial charge < -0.3 is 14.9 Å². The molecule has 136 valence electrons. The molecule has 0 amide bonds. The third-order valence-electron chi connectivity index (χ3n) is 4.59. The molecule has 0 saturated carbocycles. The number of carbonyl (C=O) groups is 1. The molecule has 0 radical (unpaired) electrons. The Kier molecular flexibility index (Phi) is 4.86. The quantitative estimate of drug-likeness (QED) is 0.811. The van der Waals surface area contributed by atoms with Crippen LogP contribution in [0.3, 0.4) is 0 Å². The monoisotopic (exact) mass is 366 g/mol. The molecule has 2 heterocycles. The van der Waals surface area contributed by atoms with Crippen molar-refractivity contribution in [2.75, 3.05) is 26.2 Å². The third-order valence-corrected chi connectivity index (χ3v) is 6.45. The highest BCUT2D eigenvalue weighted by Crippen LogP contribution is 2.30. The number of hydrogen-bond donors (Lipinski definition) is 1. The minimum atomic E-state index is -3.59. The maximum absolute atomic E-state index is 12.9. The fraction of sp³-hybridized carbons (Fsp3) is 0.471. The van der Waals surface area contributed by atoms with Crippen LogP contribution in [0.25, 0.3) is 11.0 Å². The second-order valence-corrected chi connectivity index (χ2v) is 8.13. The lowest BCUT2D eigenvalue weighted by molar-refractivity contribution is 0.0491. The largest absolute Gasteiger partial charge is 0.460 e. The number of esters is 1. The summed E-state index contributed by atoms with van der Waals surface area (Å²) in [6.07, 6.45) is 0.774. The fourth-order valence-electron chi connectivity index (χ4n) is 3.11. The van der Waals surface area contributed by atoms with Gasteiger partial charge in [-0.05, 0) is 50.9 Å². The molecular formula is C17H22N2O5S. The standard InChI is InChI=1S/C17H22N2O5S/c1-3-23-17(20)16-11(2)14-8-13(4-5-15(14)24-16)25(21,22)19-7-6-12(9-18)10-19/h4-5,8,12H,3,6-7,9-10,18H2,1-2H3. The summed E-state index contributed by atoms with van der Waals surface area (Å²) in [5.74, 6) is -0.244. The first kappa shape index (κ1) is 17.9. The minimum absolute atomic E-state index is 0.107. The normalized spacial score (nSPS) is 18.8. The number of nitrogens with two attached hydrogens (primary N) is 1. The topological polar surface area (TPSA) is 103 Å². The van der Waals surface area contributed by atoms with E-state index < -0.39 is 16.0 Å². The van der Waals surface area contributed by atoms with E-state index in [1.54, 1.807) is 26.0 Å². The smallest absolute Gasteiger partial charge is 0.374 e. The van der Waals surface area contributed by atoms with E-state index in [2.05, 4.69) is 0 Å². The van der Waals surface area contributed by atoms with Gasteiger partial charge in [-0.25, -0.2) is 13.2 Å². The van der Waals surface area contributed by atoms with Crippen molar-refractivity contribution in [1.29, 1.82) is 0 Å². The second-order valence-electron chi connectivity index (χ2n) is 6.19. The van der Waals surface area contributed by atoms with Crippen LogP contribution < -0.4 is 5.73 Å². The lowest BCUT2D eigenvalue weighted by atomic mass is 10.1. The summed E-state index contributed by atoms with van der Waals surface area (Å²) in [6.45, 7) is 5.07. The van der Waals surface area contributed by atoms with Gasteiger partial charge in [-0.2, -0.15) is 4.31 Å². The van der Waals surface area contributed by atoms with E-state index in [9.17, 15) is 13.2 Å². The van der Waals surface area contributed by atoms with E-state index in [0.29, 0.717) is 36.2 Å². The van der Waals surface area contributed by atoms with Gasteiger partial charge in [-0.15, -0.1) is 0 Å². The maximum atomic E-state index is 12.9. The zero-order valence-corrected chi connectivity index (χ0v) is 15.1. The van der Waals surface area contributed by atoms with Gasteiger partial charge in [0.25, 0.3) is 0 Å². The number of hydrogen-bond acceptors (Lipinski definition) is 6. The van der Waals surface area contributed by atoms with E-state index in [4.69, 9.17) is 14.9 Å². The van der Waals surface area contributed by atoms with Crippen LogP contribution in [-0.4, -0.2) is 44.9 Å². The number of fused-ring (bicyclic) bond motifs is 1. The first-order chi connectivity index (χ1) is 11.9. The Morgan fingerprint density at radius 2 is 2.20 bits per heavy atom. The molecule has 2 N–H and O–H groups in total. The molecule has 8 heteroatoms. The Morgan fingerprint density at radius 1 is 1.44 bits per heavy atom. The zero-order valence-electron chi connectivity index (χ0n) is 14.3. The molecule has 0 aliphatic carbocycles. The fourth-order valence-corrected chi connectivity index (χ4v) is 4.67. The van der Waals surface area contributed by atoms with Crippen molar-refractivity contribution in [3.63, 3.8) is 0 Å². The van der Waals surface area contributed by atoms with Gasteiger partial charge in [0.15, 0.2) is 0 Å². The Labute approximate surface area is 146 Å². The summed E-state index contributed by atoms with van der Waals surface area (Å²) in [5.41, 5.74) is 6.69. The van der Waals surface area contributed by atoms with Crippen molar-refractivity contribution in [3.05, 3.63) is 29.5 Å². The molecule has 3 rings (SSSR count). The van der Waals surface area contributed by atoms with Crippen LogP contribution >= 0.6 is 0 Å². The van der Waals surface area contributed by atoms with Gasteiger partial charge in [0.1, 0.15) is 5.58 Å². The van der Waals surface area contributed by atoms with Crippen LogP contribution in [0.5, 0.6) is 0 Å². The van der Waals surface area contributed by atoms with Crippen molar-refractivity contribution in [2.45, 2.75) is 25.2 Å². The number of ether oxygens (including phenoxy) is 1. The van der Waals surface area contributed by atoms with Crippen LogP contribution in [0.15, 0.2) is 27.5 Å². The van der Waals surface area contributed by atoms with E-state index in [-0.39, 0.29) is 23.2 Å². The molecule has 7 nitrogen and oxygen atoms in total. The molecule has 0 spiro atoms. The van der Waals surface area contributed by atoms with Gasteiger partial charge in [-0.3, -0.25) is 0 Å². The highest BCUT2D eigenvalue weighted by molar-refractivity contribution is 7.89. The van der Waals surface area contributed by atoms with Crippen molar-refractivity contribution < 1.29 is 22.4 Å². The molecule has 1 fully saturated rings. The summed E-state index contributed by atoms with van der Waals surface area (Å²) < 4.78 is 37.7. The van der Waals surface area contributed by atoms with Crippen molar-refractivity contribution in [1.82, 2.24) is 4.31 Å². The Hall–Kier alpha value is -1.90.